The fourth-order valence-corrected chi connectivity index (χ4v) is 3.75. The monoisotopic (exact) mass is 247 g/mol. The standard InChI is InChI=1S/C16H25NO/c1-12(13-6-3-2-4-7-13)17-15-8-5-9-16-14(15)10-11-18-16/h10-13,15,17H,2-9H2,1H3/t12-,15?/m0/s1. The van der Waals surface area contributed by atoms with Gasteiger partial charge in [0.2, 0.25) is 0 Å². The summed E-state index contributed by atoms with van der Waals surface area (Å²) in [6.45, 7) is 2.38. The van der Waals surface area contributed by atoms with E-state index in [0.717, 1.165) is 12.3 Å². The molecule has 1 heterocycles. The van der Waals surface area contributed by atoms with Gasteiger partial charge in [-0.15, -0.1) is 0 Å². The lowest BCUT2D eigenvalue weighted by Gasteiger charge is -2.33. The topological polar surface area (TPSA) is 25.2 Å². The third-order valence-corrected chi connectivity index (χ3v) is 4.87. The molecular formula is C16H25NO. The first-order valence-corrected chi connectivity index (χ1v) is 7.67. The molecule has 2 nitrogen and oxygen atoms in total. The summed E-state index contributed by atoms with van der Waals surface area (Å²) in [6, 6.07) is 3.35. The Balaban J connectivity index is 1.63. The minimum Gasteiger partial charge on any atom is -0.469 e. The van der Waals surface area contributed by atoms with Crippen LogP contribution < -0.4 is 5.32 Å². The second-order valence-corrected chi connectivity index (χ2v) is 6.10. The van der Waals surface area contributed by atoms with Gasteiger partial charge in [0.05, 0.1) is 6.26 Å². The molecule has 0 aromatic carbocycles. The second kappa shape index (κ2) is 5.48. The van der Waals surface area contributed by atoms with Crippen LogP contribution in [0.25, 0.3) is 0 Å². The maximum atomic E-state index is 5.57. The summed E-state index contributed by atoms with van der Waals surface area (Å²) < 4.78 is 5.57. The summed E-state index contributed by atoms with van der Waals surface area (Å²) in [6.07, 6.45) is 12.6. The Morgan fingerprint density at radius 3 is 2.83 bits per heavy atom. The van der Waals surface area contributed by atoms with Gasteiger partial charge in [0.15, 0.2) is 0 Å². The molecule has 2 aliphatic carbocycles. The molecule has 0 saturated heterocycles. The molecule has 1 unspecified atom stereocenters. The van der Waals surface area contributed by atoms with E-state index in [1.807, 2.05) is 6.26 Å². The third kappa shape index (κ3) is 2.49. The number of furan rings is 1. The first kappa shape index (κ1) is 12.3. The Kier molecular flexibility index (Phi) is 3.74. The number of aryl methyl sites for hydroxylation is 1. The summed E-state index contributed by atoms with van der Waals surface area (Å²) >= 11 is 0. The lowest BCUT2D eigenvalue weighted by Crippen LogP contribution is -2.38. The van der Waals surface area contributed by atoms with Crippen molar-refractivity contribution in [3.8, 4) is 0 Å². The molecule has 2 atom stereocenters. The van der Waals surface area contributed by atoms with E-state index in [1.54, 1.807) is 0 Å². The lowest BCUT2D eigenvalue weighted by molar-refractivity contribution is 0.254. The van der Waals surface area contributed by atoms with Crippen LogP contribution in [0.1, 0.15) is 69.2 Å². The van der Waals surface area contributed by atoms with Crippen molar-refractivity contribution < 1.29 is 4.42 Å². The van der Waals surface area contributed by atoms with Crippen LogP contribution in [0.15, 0.2) is 16.7 Å². The summed E-state index contributed by atoms with van der Waals surface area (Å²) in [4.78, 5) is 0. The van der Waals surface area contributed by atoms with Gasteiger partial charge in [0, 0.05) is 24.1 Å². The van der Waals surface area contributed by atoms with Crippen LogP contribution in [0.3, 0.4) is 0 Å². The maximum Gasteiger partial charge on any atom is 0.108 e. The minimum absolute atomic E-state index is 0.532. The fraction of sp³-hybridized carbons (Fsp3) is 0.750. The van der Waals surface area contributed by atoms with E-state index < -0.39 is 0 Å². The van der Waals surface area contributed by atoms with Crippen LogP contribution in [-0.4, -0.2) is 6.04 Å². The van der Waals surface area contributed by atoms with Gasteiger partial charge >= 0.3 is 0 Å². The average molecular weight is 247 g/mol. The van der Waals surface area contributed by atoms with Gasteiger partial charge in [-0.2, -0.15) is 0 Å². The first-order chi connectivity index (χ1) is 8.84. The zero-order chi connectivity index (χ0) is 12.4. The van der Waals surface area contributed by atoms with E-state index in [4.69, 9.17) is 4.42 Å². The van der Waals surface area contributed by atoms with Crippen molar-refractivity contribution in [1.29, 1.82) is 0 Å². The number of hydrogen-bond donors (Lipinski definition) is 1. The van der Waals surface area contributed by atoms with Crippen molar-refractivity contribution in [3.63, 3.8) is 0 Å². The van der Waals surface area contributed by atoms with Crippen molar-refractivity contribution in [3.05, 3.63) is 23.7 Å². The van der Waals surface area contributed by atoms with Crippen LogP contribution in [0.4, 0.5) is 0 Å². The third-order valence-electron chi connectivity index (χ3n) is 4.87. The molecule has 2 aliphatic rings. The molecule has 1 saturated carbocycles. The highest BCUT2D eigenvalue weighted by Gasteiger charge is 2.27. The molecule has 100 valence electrons. The predicted molar refractivity (Wildman–Crippen MR) is 73.6 cm³/mol. The van der Waals surface area contributed by atoms with Crippen molar-refractivity contribution in [2.24, 2.45) is 5.92 Å². The minimum atomic E-state index is 0.532. The van der Waals surface area contributed by atoms with Crippen molar-refractivity contribution >= 4 is 0 Å². The summed E-state index contributed by atoms with van der Waals surface area (Å²) in [5.74, 6) is 2.10. The number of rotatable bonds is 3. The second-order valence-electron chi connectivity index (χ2n) is 6.10. The lowest BCUT2D eigenvalue weighted by atomic mass is 9.83. The van der Waals surface area contributed by atoms with Crippen LogP contribution in [0, 0.1) is 5.92 Å². The SMILES string of the molecule is C[C@H](NC1CCCc2occc21)C1CCCCC1. The fourth-order valence-electron chi connectivity index (χ4n) is 3.75. The largest absolute Gasteiger partial charge is 0.469 e. The van der Waals surface area contributed by atoms with Crippen molar-refractivity contribution in [1.82, 2.24) is 5.32 Å². The summed E-state index contributed by atoms with van der Waals surface area (Å²) in [7, 11) is 0. The van der Waals surface area contributed by atoms with Gasteiger partial charge in [-0.05, 0) is 44.6 Å². The number of hydrogen-bond acceptors (Lipinski definition) is 2. The number of fused-ring (bicyclic) bond motifs is 1. The van der Waals surface area contributed by atoms with E-state index in [2.05, 4.69) is 18.3 Å². The van der Waals surface area contributed by atoms with Gasteiger partial charge in [0.25, 0.3) is 0 Å². The highest BCUT2D eigenvalue weighted by molar-refractivity contribution is 5.24. The van der Waals surface area contributed by atoms with E-state index in [-0.39, 0.29) is 0 Å². The normalized spacial score (nSPS) is 26.8. The van der Waals surface area contributed by atoms with E-state index in [0.29, 0.717) is 12.1 Å². The van der Waals surface area contributed by atoms with Gasteiger partial charge in [-0.3, -0.25) is 0 Å². The molecule has 1 aromatic heterocycles. The predicted octanol–water partition coefficient (Wildman–Crippen LogP) is 4.22. The van der Waals surface area contributed by atoms with Gasteiger partial charge in [-0.25, -0.2) is 0 Å². The quantitative estimate of drug-likeness (QED) is 0.865. The summed E-state index contributed by atoms with van der Waals surface area (Å²) in [5, 5.41) is 3.87. The van der Waals surface area contributed by atoms with Gasteiger partial charge in [-0.1, -0.05) is 19.3 Å². The Hall–Kier alpha value is -0.760. The molecule has 1 aromatic rings. The van der Waals surface area contributed by atoms with Gasteiger partial charge in [0.1, 0.15) is 5.76 Å². The van der Waals surface area contributed by atoms with Gasteiger partial charge < -0.3 is 9.73 Å². The molecule has 1 fully saturated rings. The molecule has 0 amide bonds. The Bertz CT molecular complexity index is 378. The van der Waals surface area contributed by atoms with Crippen LogP contribution in [-0.2, 0) is 6.42 Å². The molecule has 3 rings (SSSR count). The zero-order valence-corrected chi connectivity index (χ0v) is 11.5. The van der Waals surface area contributed by atoms with Crippen LogP contribution in [0.5, 0.6) is 0 Å². The number of nitrogens with one attached hydrogen (secondary N) is 1. The van der Waals surface area contributed by atoms with Crippen LogP contribution >= 0.6 is 0 Å². The molecule has 2 heteroatoms. The molecule has 0 radical (unpaired) electrons. The van der Waals surface area contributed by atoms with E-state index >= 15 is 0 Å². The molecule has 0 spiro atoms. The van der Waals surface area contributed by atoms with E-state index in [1.165, 1.54) is 56.3 Å². The van der Waals surface area contributed by atoms with E-state index in [9.17, 15) is 0 Å². The molecule has 0 bridgehead atoms. The molecule has 0 aliphatic heterocycles. The molecule has 1 N–H and O–H groups in total. The maximum absolute atomic E-state index is 5.57. The first-order valence-electron chi connectivity index (χ1n) is 7.67. The molecule has 18 heavy (non-hydrogen) atoms. The average Bonchev–Trinajstić information content (AvgIpc) is 2.89. The van der Waals surface area contributed by atoms with Crippen LogP contribution in [0.2, 0.25) is 0 Å². The van der Waals surface area contributed by atoms with Crippen molar-refractivity contribution in [2.75, 3.05) is 0 Å². The molecular weight excluding hydrogens is 222 g/mol. The summed E-state index contributed by atoms with van der Waals surface area (Å²) in [5.41, 5.74) is 1.42. The zero-order valence-electron chi connectivity index (χ0n) is 11.5. The smallest absolute Gasteiger partial charge is 0.108 e. The Labute approximate surface area is 110 Å². The highest BCUT2D eigenvalue weighted by Crippen LogP contribution is 2.33. The highest BCUT2D eigenvalue weighted by atomic mass is 16.3. The van der Waals surface area contributed by atoms with Crippen molar-refractivity contribution in [2.45, 2.75) is 70.4 Å². The Morgan fingerprint density at radius 2 is 2.00 bits per heavy atom. The Morgan fingerprint density at radius 1 is 1.17 bits per heavy atom.